The highest BCUT2D eigenvalue weighted by molar-refractivity contribution is 8.00. The first-order valence-corrected chi connectivity index (χ1v) is 11.9. The fourth-order valence-electron chi connectivity index (χ4n) is 3.87. The third kappa shape index (κ3) is 9.96. The summed E-state index contributed by atoms with van der Waals surface area (Å²) in [5, 5.41) is 28.3. The van der Waals surface area contributed by atoms with E-state index >= 15 is 0 Å². The summed E-state index contributed by atoms with van der Waals surface area (Å²) in [7, 11) is 0. The zero-order valence-electron chi connectivity index (χ0n) is 17.8. The van der Waals surface area contributed by atoms with E-state index in [0.717, 1.165) is 12.8 Å². The Bertz CT molecular complexity index is 545. The Labute approximate surface area is 179 Å². The number of carboxylic acid groups (broad SMARTS) is 1. The van der Waals surface area contributed by atoms with Gasteiger partial charge in [-0.2, -0.15) is 11.8 Å². The molecular weight excluding hydrogens is 388 g/mol. The molecule has 1 fully saturated rings. The van der Waals surface area contributed by atoms with Gasteiger partial charge in [0.25, 0.3) is 0 Å². The SMILES string of the molecule is CCCC(C)C(O)CC=C[C@H]1[C@H](SCCO)CC(=O)[C@@H]1CC=CCCCC(=O)O. The van der Waals surface area contributed by atoms with E-state index in [-0.39, 0.29) is 47.9 Å². The Morgan fingerprint density at radius 1 is 1.31 bits per heavy atom. The average molecular weight is 427 g/mol. The number of carbonyl (C=O) groups excluding carboxylic acids is 1. The third-order valence-corrected chi connectivity index (χ3v) is 6.92. The zero-order valence-corrected chi connectivity index (χ0v) is 18.7. The van der Waals surface area contributed by atoms with Gasteiger partial charge in [-0.15, -0.1) is 0 Å². The van der Waals surface area contributed by atoms with Crippen molar-refractivity contribution in [3.63, 3.8) is 0 Å². The predicted molar refractivity (Wildman–Crippen MR) is 119 cm³/mol. The van der Waals surface area contributed by atoms with E-state index in [1.165, 1.54) is 0 Å². The molecule has 3 N–H and O–H groups in total. The molecule has 5 atom stereocenters. The molecule has 0 aromatic heterocycles. The first-order valence-electron chi connectivity index (χ1n) is 10.9. The van der Waals surface area contributed by atoms with E-state index in [9.17, 15) is 14.7 Å². The number of aliphatic carboxylic acids is 1. The van der Waals surface area contributed by atoms with Crippen LogP contribution in [0.15, 0.2) is 24.3 Å². The Morgan fingerprint density at radius 2 is 2.07 bits per heavy atom. The molecule has 1 aliphatic rings. The number of aliphatic hydroxyl groups excluding tert-OH is 2. The number of hydrogen-bond donors (Lipinski definition) is 3. The maximum Gasteiger partial charge on any atom is 0.303 e. The molecule has 1 aliphatic carbocycles. The number of unbranched alkanes of at least 4 members (excludes halogenated alkanes) is 1. The molecule has 0 aromatic carbocycles. The van der Waals surface area contributed by atoms with Crippen molar-refractivity contribution < 1.29 is 24.9 Å². The van der Waals surface area contributed by atoms with Crippen LogP contribution in [-0.2, 0) is 9.59 Å². The zero-order chi connectivity index (χ0) is 21.6. The van der Waals surface area contributed by atoms with E-state index in [2.05, 4.69) is 19.9 Å². The van der Waals surface area contributed by atoms with Crippen LogP contribution in [0.3, 0.4) is 0 Å². The lowest BCUT2D eigenvalue weighted by atomic mass is 9.90. The van der Waals surface area contributed by atoms with Gasteiger partial charge in [0.2, 0.25) is 0 Å². The molecule has 0 radical (unpaired) electrons. The van der Waals surface area contributed by atoms with Crippen LogP contribution in [0.25, 0.3) is 0 Å². The monoisotopic (exact) mass is 426 g/mol. The van der Waals surface area contributed by atoms with Gasteiger partial charge < -0.3 is 15.3 Å². The summed E-state index contributed by atoms with van der Waals surface area (Å²) in [5.41, 5.74) is 0. The van der Waals surface area contributed by atoms with Crippen LogP contribution in [0.4, 0.5) is 0 Å². The minimum absolute atomic E-state index is 0.0802. The smallest absolute Gasteiger partial charge is 0.303 e. The second kappa shape index (κ2) is 14.8. The molecule has 2 unspecified atom stereocenters. The first-order chi connectivity index (χ1) is 13.9. The van der Waals surface area contributed by atoms with Crippen LogP contribution < -0.4 is 0 Å². The van der Waals surface area contributed by atoms with E-state index < -0.39 is 5.97 Å². The molecule has 1 rings (SSSR count). The van der Waals surface area contributed by atoms with Gasteiger partial charge in [-0.3, -0.25) is 9.59 Å². The summed E-state index contributed by atoms with van der Waals surface area (Å²) in [5.74, 6) is 0.383. The van der Waals surface area contributed by atoms with Crippen molar-refractivity contribution in [2.24, 2.45) is 17.8 Å². The van der Waals surface area contributed by atoms with E-state index in [1.807, 2.05) is 18.2 Å². The van der Waals surface area contributed by atoms with Gasteiger partial charge in [0.15, 0.2) is 0 Å². The fourth-order valence-corrected chi connectivity index (χ4v) is 5.06. The Balaban J connectivity index is 2.67. The van der Waals surface area contributed by atoms with Crippen molar-refractivity contribution in [1.29, 1.82) is 0 Å². The topological polar surface area (TPSA) is 94.8 Å². The Hall–Kier alpha value is -1.11. The molecular formula is C23H38O5S. The maximum atomic E-state index is 12.6. The van der Waals surface area contributed by atoms with Gasteiger partial charge in [0, 0.05) is 29.8 Å². The first kappa shape index (κ1) is 25.9. The molecule has 0 spiro atoms. The fraction of sp³-hybridized carbons (Fsp3) is 0.739. The van der Waals surface area contributed by atoms with Gasteiger partial charge in [-0.05, 0) is 43.9 Å². The van der Waals surface area contributed by atoms with Crippen molar-refractivity contribution in [3.8, 4) is 0 Å². The summed E-state index contributed by atoms with van der Waals surface area (Å²) < 4.78 is 0. The number of Topliss-reactive ketones (excluding diaryl/α,β-unsaturated/α-hetero) is 1. The number of allylic oxidation sites excluding steroid dienone is 3. The lowest BCUT2D eigenvalue weighted by Crippen LogP contribution is -2.19. The molecule has 0 amide bonds. The number of carbonyl (C=O) groups is 2. The average Bonchev–Trinajstić information content (AvgIpc) is 2.97. The van der Waals surface area contributed by atoms with Crippen molar-refractivity contribution in [1.82, 2.24) is 0 Å². The predicted octanol–water partition coefficient (Wildman–Crippen LogP) is 4.23. The summed E-state index contributed by atoms with van der Waals surface area (Å²) >= 11 is 1.65. The van der Waals surface area contributed by atoms with Crippen molar-refractivity contribution in [2.45, 2.75) is 76.6 Å². The summed E-state index contributed by atoms with van der Waals surface area (Å²) in [4.78, 5) is 23.1. The second-order valence-electron chi connectivity index (χ2n) is 7.98. The second-order valence-corrected chi connectivity index (χ2v) is 9.32. The molecule has 1 saturated carbocycles. The Kier molecular flexibility index (Phi) is 13.2. The normalized spacial score (nSPS) is 24.6. The largest absolute Gasteiger partial charge is 0.481 e. The Morgan fingerprint density at radius 3 is 2.72 bits per heavy atom. The standard InChI is InChI=1S/C23H38O5S/c1-3-9-17(2)20(25)12-8-11-19-18(10-6-4-5-7-13-23(27)28)21(26)16-22(19)29-15-14-24/h4,6,8,11,17-20,22,24-25H,3,5,7,9-10,12-16H2,1-2H3,(H,27,28)/t17?,18-,19-,20?,22-/m1/s1. The highest BCUT2D eigenvalue weighted by Gasteiger charge is 2.40. The molecule has 166 valence electrons. The summed E-state index contributed by atoms with van der Waals surface area (Å²) in [6.07, 6.45) is 13.1. The molecule has 0 aromatic rings. The molecule has 29 heavy (non-hydrogen) atoms. The highest BCUT2D eigenvalue weighted by atomic mass is 32.2. The van der Waals surface area contributed by atoms with Crippen molar-refractivity contribution in [3.05, 3.63) is 24.3 Å². The number of hydrogen-bond acceptors (Lipinski definition) is 5. The van der Waals surface area contributed by atoms with Gasteiger partial charge in [0.05, 0.1) is 12.7 Å². The van der Waals surface area contributed by atoms with E-state index in [1.54, 1.807) is 11.8 Å². The van der Waals surface area contributed by atoms with Crippen molar-refractivity contribution in [2.75, 3.05) is 12.4 Å². The van der Waals surface area contributed by atoms with E-state index in [0.29, 0.717) is 37.9 Å². The minimum Gasteiger partial charge on any atom is -0.481 e. The van der Waals surface area contributed by atoms with Gasteiger partial charge in [-0.25, -0.2) is 0 Å². The summed E-state index contributed by atoms with van der Waals surface area (Å²) in [6, 6.07) is 0. The highest BCUT2D eigenvalue weighted by Crippen LogP contribution is 2.40. The number of ketones is 1. The number of thioether (sulfide) groups is 1. The number of carboxylic acids is 1. The van der Waals surface area contributed by atoms with Crippen molar-refractivity contribution >= 4 is 23.5 Å². The van der Waals surface area contributed by atoms with Crippen LogP contribution in [0.2, 0.25) is 0 Å². The molecule has 0 bridgehead atoms. The quantitative estimate of drug-likeness (QED) is 0.268. The van der Waals surface area contributed by atoms with Crippen LogP contribution in [0.1, 0.15) is 65.2 Å². The van der Waals surface area contributed by atoms with Gasteiger partial charge in [0.1, 0.15) is 5.78 Å². The molecule has 0 saturated heterocycles. The maximum absolute atomic E-state index is 12.6. The van der Waals surface area contributed by atoms with Crippen LogP contribution >= 0.6 is 11.8 Å². The van der Waals surface area contributed by atoms with Crippen LogP contribution in [0.5, 0.6) is 0 Å². The minimum atomic E-state index is -0.784. The van der Waals surface area contributed by atoms with Crippen LogP contribution in [-0.4, -0.2) is 50.8 Å². The molecule has 5 nitrogen and oxygen atoms in total. The number of aliphatic hydroxyl groups is 2. The van der Waals surface area contributed by atoms with Crippen LogP contribution in [0, 0.1) is 17.8 Å². The van der Waals surface area contributed by atoms with E-state index in [4.69, 9.17) is 10.2 Å². The number of rotatable bonds is 15. The molecule has 0 heterocycles. The third-order valence-electron chi connectivity index (χ3n) is 5.59. The molecule has 0 aliphatic heterocycles. The lowest BCUT2D eigenvalue weighted by Gasteiger charge is -2.20. The lowest BCUT2D eigenvalue weighted by molar-refractivity contribution is -0.137. The molecule has 6 heteroatoms. The van der Waals surface area contributed by atoms with Gasteiger partial charge in [-0.1, -0.05) is 44.6 Å². The summed E-state index contributed by atoms with van der Waals surface area (Å²) in [6.45, 7) is 4.29. The van der Waals surface area contributed by atoms with Gasteiger partial charge >= 0.3 is 5.97 Å².